The molecule has 0 aromatic carbocycles. The van der Waals surface area contributed by atoms with Gasteiger partial charge in [0, 0.05) is 68.6 Å². The summed E-state index contributed by atoms with van der Waals surface area (Å²) in [6.45, 7) is 0. The van der Waals surface area contributed by atoms with Crippen molar-refractivity contribution in [3.8, 4) is 0 Å². The van der Waals surface area contributed by atoms with E-state index in [-0.39, 0.29) is 75.3 Å². The average Bonchev–Trinajstić information content (AvgIpc) is 0.722. The molecule has 7 heteroatoms. The molecule has 0 saturated carbocycles. The van der Waals surface area contributed by atoms with Gasteiger partial charge in [-0.15, -0.1) is 0 Å². The van der Waals surface area contributed by atoms with Crippen molar-refractivity contribution in [2.24, 2.45) is 0 Å². The minimum Gasteiger partial charge on any atom is -0.759 e. The summed E-state index contributed by atoms with van der Waals surface area (Å²) in [6.07, 6.45) is 0. The molecule has 0 aromatic rings. The summed E-state index contributed by atoms with van der Waals surface area (Å²) in [6, 6.07) is 0. The molecule has 0 heterocycles. The third-order valence-electron chi connectivity index (χ3n) is 0. The first-order valence-corrected chi connectivity index (χ1v) is 2.00. The van der Waals surface area contributed by atoms with Gasteiger partial charge in [0.15, 0.2) is 0 Å². The second-order valence-electron chi connectivity index (χ2n) is 0.408. The van der Waals surface area contributed by atoms with Crippen LogP contribution < -0.4 is 0 Å². The van der Waals surface area contributed by atoms with Gasteiger partial charge >= 0.3 is 17.1 Å². The van der Waals surface area contributed by atoms with E-state index >= 15 is 0 Å². The molecule has 0 amide bonds. The minimum atomic E-state index is -5.17. The van der Waals surface area contributed by atoms with Crippen molar-refractivity contribution in [1.82, 2.24) is 0 Å². The molecule has 0 saturated heterocycles. The van der Waals surface area contributed by atoms with Gasteiger partial charge in [0.1, 0.15) is 0 Å². The molecule has 0 N–H and O–H groups in total. The van der Waals surface area contributed by atoms with Crippen LogP contribution in [0.25, 0.3) is 0 Å². The second kappa shape index (κ2) is 6.32. The molecular weight excluding hydrogens is 237 g/mol. The van der Waals surface area contributed by atoms with Crippen molar-refractivity contribution in [1.29, 1.82) is 0 Å². The van der Waals surface area contributed by atoms with Crippen LogP contribution in [0, 0.1) is 0 Å². The maximum absolute atomic E-state index is 8.52. The molecule has 4 nitrogen and oxygen atoms in total. The van der Waals surface area contributed by atoms with E-state index in [0.29, 0.717) is 0 Å². The first-order chi connectivity index (χ1) is 2.00. The number of rotatable bonds is 0. The standard InChI is InChI=1S/Fe.H2O4S.Rb/c;1-5(2,3)4;/h;(H2,1,2,3,4);/q+2;;/p-2. The van der Waals surface area contributed by atoms with Crippen LogP contribution >= 0.6 is 0 Å². The van der Waals surface area contributed by atoms with Crippen molar-refractivity contribution < 1.29 is 34.6 Å². The zero-order valence-corrected chi connectivity index (χ0v) is 10.2. The third kappa shape index (κ3) is 65.3. The molecule has 1 radical (unpaired) electrons. The van der Waals surface area contributed by atoms with Crippen LogP contribution in [0.5, 0.6) is 0 Å². The van der Waals surface area contributed by atoms with Crippen LogP contribution in [-0.4, -0.2) is 75.7 Å². The summed E-state index contributed by atoms with van der Waals surface area (Å²) in [5.41, 5.74) is 0. The van der Waals surface area contributed by atoms with E-state index in [4.69, 9.17) is 17.5 Å². The summed E-state index contributed by atoms with van der Waals surface area (Å²) in [5.74, 6) is 0. The molecule has 7 heavy (non-hydrogen) atoms. The second-order valence-corrected chi connectivity index (χ2v) is 1.22. The van der Waals surface area contributed by atoms with E-state index in [1.165, 1.54) is 0 Å². The van der Waals surface area contributed by atoms with Gasteiger partial charge in [-0.2, -0.15) is 0 Å². The molecule has 0 aliphatic heterocycles. The molecular formula is FeO4RbS. The Hall–Kier alpha value is 2.19. The first-order valence-electron chi connectivity index (χ1n) is 0.667. The van der Waals surface area contributed by atoms with Crippen molar-refractivity contribution in [2.45, 2.75) is 0 Å². The Kier molecular flexibility index (Phi) is 14.5. The van der Waals surface area contributed by atoms with Gasteiger partial charge in [-0.25, -0.2) is 0 Å². The minimum absolute atomic E-state index is 0. The van der Waals surface area contributed by atoms with Crippen LogP contribution in [0.15, 0.2) is 0 Å². The van der Waals surface area contributed by atoms with Gasteiger partial charge in [0.05, 0.1) is 0 Å². The molecule has 0 aliphatic rings. The van der Waals surface area contributed by atoms with Crippen LogP contribution in [0.4, 0.5) is 0 Å². The average molecular weight is 237 g/mol. The van der Waals surface area contributed by atoms with E-state index in [1.54, 1.807) is 0 Å². The van der Waals surface area contributed by atoms with Crippen molar-refractivity contribution in [3.63, 3.8) is 0 Å². The topological polar surface area (TPSA) is 80.3 Å². The van der Waals surface area contributed by atoms with Gasteiger partial charge in [0.2, 0.25) is 0 Å². The molecule has 39 valence electrons. The summed E-state index contributed by atoms with van der Waals surface area (Å²) >= 11 is 0. The fraction of sp³-hybridized carbons (Fsp3) is 0. The zero-order chi connectivity index (χ0) is 4.50. The van der Waals surface area contributed by atoms with Crippen LogP contribution in [-0.2, 0) is 27.5 Å². The van der Waals surface area contributed by atoms with Gasteiger partial charge in [0.25, 0.3) is 0 Å². The Morgan fingerprint density at radius 1 is 1.14 bits per heavy atom. The molecule has 0 atom stereocenters. The predicted molar refractivity (Wildman–Crippen MR) is 16.2 cm³/mol. The molecule has 0 unspecified atom stereocenters. The quantitative estimate of drug-likeness (QED) is 0.285. The van der Waals surface area contributed by atoms with E-state index < -0.39 is 10.4 Å². The monoisotopic (exact) mass is 237 g/mol. The number of hydrogen-bond acceptors (Lipinski definition) is 4. The summed E-state index contributed by atoms with van der Waals surface area (Å²) < 4.78 is 34.1. The molecule has 0 bridgehead atoms. The van der Waals surface area contributed by atoms with Crippen LogP contribution in [0.2, 0.25) is 0 Å². The van der Waals surface area contributed by atoms with Crippen molar-refractivity contribution in [2.75, 3.05) is 0 Å². The van der Waals surface area contributed by atoms with E-state index in [1.807, 2.05) is 0 Å². The summed E-state index contributed by atoms with van der Waals surface area (Å²) in [7, 11) is -5.17. The Morgan fingerprint density at radius 3 is 1.14 bits per heavy atom. The fourth-order valence-corrected chi connectivity index (χ4v) is 0. The SMILES string of the molecule is O=S(=O)([O-])[O-].[Fe+2].[Rb]. The van der Waals surface area contributed by atoms with Crippen LogP contribution in [0.1, 0.15) is 0 Å². The van der Waals surface area contributed by atoms with Gasteiger partial charge < -0.3 is 9.11 Å². The molecule has 0 rings (SSSR count). The van der Waals surface area contributed by atoms with E-state index in [2.05, 4.69) is 0 Å². The molecule has 0 fully saturated rings. The Labute approximate surface area is 101 Å². The van der Waals surface area contributed by atoms with Gasteiger partial charge in [-0.3, -0.25) is 8.42 Å². The normalized spacial score (nSPS) is 8.29. The largest absolute Gasteiger partial charge is 2.00 e. The Bertz CT molecular complexity index is 94.9. The van der Waals surface area contributed by atoms with Gasteiger partial charge in [-0.05, 0) is 0 Å². The van der Waals surface area contributed by atoms with Crippen molar-refractivity contribution in [3.05, 3.63) is 0 Å². The summed E-state index contributed by atoms with van der Waals surface area (Å²) in [5, 5.41) is 0. The van der Waals surface area contributed by atoms with Crippen LogP contribution in [0.3, 0.4) is 0 Å². The fourth-order valence-electron chi connectivity index (χ4n) is 0. The maximum atomic E-state index is 8.52. The van der Waals surface area contributed by atoms with Gasteiger partial charge in [-0.1, -0.05) is 0 Å². The Morgan fingerprint density at radius 2 is 1.14 bits per heavy atom. The zero-order valence-electron chi connectivity index (χ0n) is 3.39. The van der Waals surface area contributed by atoms with Crippen molar-refractivity contribution >= 4 is 68.6 Å². The van der Waals surface area contributed by atoms with E-state index in [0.717, 1.165) is 0 Å². The first kappa shape index (κ1) is 16.1. The molecule has 0 aromatic heterocycles. The smallest absolute Gasteiger partial charge is 0.759 e. The Balaban J connectivity index is -0.0000000800. The van der Waals surface area contributed by atoms with E-state index in [9.17, 15) is 0 Å². The number of hydrogen-bond donors (Lipinski definition) is 0. The third-order valence-corrected chi connectivity index (χ3v) is 0. The maximum Gasteiger partial charge on any atom is 2.00 e. The summed E-state index contributed by atoms with van der Waals surface area (Å²) in [4.78, 5) is 0. The molecule has 0 aliphatic carbocycles. The molecule has 0 spiro atoms. The predicted octanol–water partition coefficient (Wildman–Crippen LogP) is -1.72.